The summed E-state index contributed by atoms with van der Waals surface area (Å²) in [6.07, 6.45) is 2.50. The number of phenolic OH excluding ortho intramolecular Hbond substituents is 2. The summed E-state index contributed by atoms with van der Waals surface area (Å²) in [6.45, 7) is 16.5. The van der Waals surface area contributed by atoms with Crippen LogP contribution in [0.5, 0.6) is 11.5 Å². The molecular formula is C49H56O5S. The Morgan fingerprint density at radius 1 is 0.473 bits per heavy atom. The molecule has 0 spiro atoms. The molecule has 0 fully saturated rings. The number of phenols is 2. The monoisotopic (exact) mass is 756 g/mol. The molecule has 5 nitrogen and oxygen atoms in total. The van der Waals surface area contributed by atoms with Crippen molar-refractivity contribution in [3.05, 3.63) is 174 Å². The largest absolute Gasteiger partial charge is 0.508 e. The van der Waals surface area contributed by atoms with E-state index < -0.39 is 15.5 Å². The molecule has 1 aliphatic rings. The lowest BCUT2D eigenvalue weighted by Gasteiger charge is -2.34. The fourth-order valence-corrected chi connectivity index (χ4v) is 7.31. The second-order valence-corrected chi connectivity index (χ2v) is 13.9. The van der Waals surface area contributed by atoms with Crippen molar-refractivity contribution in [1.29, 1.82) is 0 Å². The van der Waals surface area contributed by atoms with Crippen molar-refractivity contribution in [3.8, 4) is 22.6 Å². The first kappa shape index (κ1) is 44.0. The molecule has 0 atom stereocenters. The molecule has 0 saturated heterocycles. The Hall–Kier alpha value is -5.43. The van der Waals surface area contributed by atoms with Crippen LogP contribution in [0, 0.1) is 0 Å². The molecule has 0 saturated carbocycles. The van der Waals surface area contributed by atoms with Gasteiger partial charge in [-0.05, 0) is 92.0 Å². The van der Waals surface area contributed by atoms with E-state index in [1.807, 2.05) is 58.0 Å². The van der Waals surface area contributed by atoms with Crippen LogP contribution in [0.3, 0.4) is 0 Å². The van der Waals surface area contributed by atoms with Crippen molar-refractivity contribution in [2.75, 3.05) is 0 Å². The van der Waals surface area contributed by atoms with Crippen molar-refractivity contribution >= 4 is 31.7 Å². The smallest absolute Gasteiger partial charge is 0.295 e. The van der Waals surface area contributed by atoms with Gasteiger partial charge < -0.3 is 10.2 Å². The first-order chi connectivity index (χ1) is 26.6. The minimum Gasteiger partial charge on any atom is -0.508 e. The molecule has 55 heavy (non-hydrogen) atoms. The molecule has 1 aliphatic carbocycles. The molecule has 7 aromatic rings. The zero-order valence-corrected chi connectivity index (χ0v) is 34.2. The van der Waals surface area contributed by atoms with Crippen LogP contribution in [0.15, 0.2) is 157 Å². The molecule has 7 aromatic carbocycles. The van der Waals surface area contributed by atoms with Gasteiger partial charge in [0.25, 0.3) is 10.1 Å². The number of aromatic hydroxyl groups is 2. The van der Waals surface area contributed by atoms with Crippen molar-refractivity contribution in [2.45, 2.75) is 78.5 Å². The summed E-state index contributed by atoms with van der Waals surface area (Å²) in [5, 5.41) is 23.7. The SMILES string of the molecule is CC.CC.CCC.CCC.O=S(=O)(O)c1cccc2ccccc12.Oc1ccc(C2(c3ccc(O)cc3)c3ccccc3-c3cc4ccccc4cc32)cc1. The molecule has 8 rings (SSSR count). The van der Waals surface area contributed by atoms with E-state index in [0.29, 0.717) is 5.39 Å². The van der Waals surface area contributed by atoms with E-state index in [4.69, 9.17) is 4.55 Å². The van der Waals surface area contributed by atoms with E-state index in [1.54, 1.807) is 54.6 Å². The summed E-state index contributed by atoms with van der Waals surface area (Å²) in [7, 11) is -4.13. The number of hydrogen-bond donors (Lipinski definition) is 3. The molecule has 0 amide bonds. The summed E-state index contributed by atoms with van der Waals surface area (Å²) >= 11 is 0. The number of fused-ring (bicyclic) bond motifs is 5. The number of benzene rings is 7. The Balaban J connectivity index is 0.000000282. The second kappa shape index (κ2) is 20.9. The van der Waals surface area contributed by atoms with Crippen molar-refractivity contribution in [3.63, 3.8) is 0 Å². The summed E-state index contributed by atoms with van der Waals surface area (Å²) in [5.74, 6) is 0.490. The van der Waals surface area contributed by atoms with Gasteiger partial charge in [0.05, 0.1) is 5.41 Å². The average molecular weight is 757 g/mol. The minimum absolute atomic E-state index is 0.0457. The first-order valence-electron chi connectivity index (χ1n) is 19.3. The van der Waals surface area contributed by atoms with Crippen LogP contribution in [-0.4, -0.2) is 23.2 Å². The predicted octanol–water partition coefficient (Wildman–Crippen LogP) is 13.6. The van der Waals surface area contributed by atoms with Gasteiger partial charge in [0.2, 0.25) is 0 Å². The maximum atomic E-state index is 11.0. The normalized spacial score (nSPS) is 11.6. The maximum absolute atomic E-state index is 11.0. The van der Waals surface area contributed by atoms with Gasteiger partial charge in [-0.1, -0.05) is 177 Å². The van der Waals surface area contributed by atoms with E-state index in [1.165, 1.54) is 51.9 Å². The lowest BCUT2D eigenvalue weighted by atomic mass is 9.67. The molecule has 3 N–H and O–H groups in total. The fourth-order valence-electron chi connectivity index (χ4n) is 6.60. The van der Waals surface area contributed by atoms with Crippen molar-refractivity contribution in [1.82, 2.24) is 0 Å². The molecule has 0 radical (unpaired) electrons. The fraction of sp³-hybridized carbons (Fsp3) is 0.224. The standard InChI is InChI=1S/C29H20O2.C10H8O3S.2C3H8.2C2H6/c30-23-13-9-21(10-14-23)29(22-11-15-24(31)16-12-22)27-8-4-3-7-25(27)26-17-19-5-1-2-6-20(19)18-28(26)29;11-14(12,13)10-7-3-5-8-4-1-2-6-9(8)10;2*1-3-2;2*1-2/h1-18,30-31H;1-7H,(H,11,12,13);2*3H2,1-2H3;2*1-2H3. The van der Waals surface area contributed by atoms with Gasteiger partial charge in [0, 0.05) is 5.39 Å². The zero-order chi connectivity index (χ0) is 40.6. The summed E-state index contributed by atoms with van der Waals surface area (Å²) < 4.78 is 31.0. The Bertz CT molecular complexity index is 2290. The van der Waals surface area contributed by atoms with Crippen LogP contribution in [0.25, 0.3) is 32.7 Å². The Labute approximate surface area is 328 Å². The maximum Gasteiger partial charge on any atom is 0.295 e. The molecule has 0 heterocycles. The van der Waals surface area contributed by atoms with E-state index in [2.05, 4.69) is 88.4 Å². The highest BCUT2D eigenvalue weighted by Crippen LogP contribution is 2.57. The quantitative estimate of drug-likeness (QED) is 0.156. The molecule has 0 aromatic heterocycles. The number of rotatable bonds is 3. The van der Waals surface area contributed by atoms with Gasteiger partial charge in [-0.2, -0.15) is 8.42 Å². The Morgan fingerprint density at radius 2 is 0.891 bits per heavy atom. The molecule has 0 unspecified atom stereocenters. The highest BCUT2D eigenvalue weighted by Gasteiger charge is 2.46. The lowest BCUT2D eigenvalue weighted by Crippen LogP contribution is -2.28. The molecular weight excluding hydrogens is 701 g/mol. The highest BCUT2D eigenvalue weighted by atomic mass is 32.2. The van der Waals surface area contributed by atoms with Crippen LogP contribution in [0.2, 0.25) is 0 Å². The highest BCUT2D eigenvalue weighted by molar-refractivity contribution is 7.86. The topological polar surface area (TPSA) is 94.8 Å². The van der Waals surface area contributed by atoms with Crippen LogP contribution in [-0.2, 0) is 15.5 Å². The van der Waals surface area contributed by atoms with Gasteiger partial charge in [-0.3, -0.25) is 4.55 Å². The third-order valence-electron chi connectivity index (χ3n) is 8.54. The van der Waals surface area contributed by atoms with Crippen LogP contribution in [0.4, 0.5) is 0 Å². The third-order valence-corrected chi connectivity index (χ3v) is 9.45. The van der Waals surface area contributed by atoms with Gasteiger partial charge in [-0.25, -0.2) is 0 Å². The van der Waals surface area contributed by atoms with E-state index >= 15 is 0 Å². The van der Waals surface area contributed by atoms with Gasteiger partial charge in [0.15, 0.2) is 0 Å². The second-order valence-electron chi connectivity index (χ2n) is 12.5. The summed E-state index contributed by atoms with van der Waals surface area (Å²) in [6, 6.07) is 48.4. The van der Waals surface area contributed by atoms with Gasteiger partial charge in [0.1, 0.15) is 16.4 Å². The minimum atomic E-state index is -4.13. The van der Waals surface area contributed by atoms with E-state index in [-0.39, 0.29) is 16.4 Å². The van der Waals surface area contributed by atoms with E-state index in [0.717, 1.165) is 16.5 Å². The summed E-state index contributed by atoms with van der Waals surface area (Å²) in [4.78, 5) is -0.0457. The predicted molar refractivity (Wildman–Crippen MR) is 233 cm³/mol. The molecule has 0 aliphatic heterocycles. The third kappa shape index (κ3) is 9.82. The first-order valence-corrected chi connectivity index (χ1v) is 20.7. The van der Waals surface area contributed by atoms with Crippen molar-refractivity contribution in [2.24, 2.45) is 0 Å². The van der Waals surface area contributed by atoms with Crippen LogP contribution < -0.4 is 0 Å². The lowest BCUT2D eigenvalue weighted by molar-refractivity contribution is 0.474. The molecule has 6 heteroatoms. The Kier molecular flexibility index (Phi) is 16.7. The van der Waals surface area contributed by atoms with Gasteiger partial charge in [-0.15, -0.1) is 0 Å². The van der Waals surface area contributed by atoms with Crippen LogP contribution >= 0.6 is 0 Å². The van der Waals surface area contributed by atoms with Gasteiger partial charge >= 0.3 is 0 Å². The molecule has 0 bridgehead atoms. The van der Waals surface area contributed by atoms with E-state index in [9.17, 15) is 18.6 Å². The number of hydrogen-bond acceptors (Lipinski definition) is 4. The Morgan fingerprint density at radius 3 is 1.40 bits per heavy atom. The van der Waals surface area contributed by atoms with Crippen molar-refractivity contribution < 1.29 is 23.2 Å². The summed E-state index contributed by atoms with van der Waals surface area (Å²) in [5.41, 5.74) is 6.47. The average Bonchev–Trinajstić information content (AvgIpc) is 3.49. The molecule has 288 valence electrons. The zero-order valence-electron chi connectivity index (χ0n) is 33.4. The van der Waals surface area contributed by atoms with Crippen LogP contribution in [0.1, 0.15) is 90.5 Å².